The Kier molecular flexibility index (Phi) is 2.46. The Labute approximate surface area is 87.3 Å². The topological polar surface area (TPSA) is 46.0 Å². The first-order valence-corrected chi connectivity index (χ1v) is 5.20. The van der Waals surface area contributed by atoms with Crippen LogP contribution in [0.15, 0.2) is 0 Å². The zero-order chi connectivity index (χ0) is 10.1. The van der Waals surface area contributed by atoms with Gasteiger partial charge >= 0.3 is 0 Å². The summed E-state index contributed by atoms with van der Waals surface area (Å²) in [5.41, 5.74) is 1.74. The molecular weight excluding hydrogens is 200 g/mol. The summed E-state index contributed by atoms with van der Waals surface area (Å²) < 4.78 is 1.57. The molecule has 0 aliphatic rings. The summed E-state index contributed by atoms with van der Waals surface area (Å²) in [6.07, 6.45) is 3.18. The molecule has 14 heavy (non-hydrogen) atoms. The third-order valence-electron chi connectivity index (χ3n) is 2.19. The van der Waals surface area contributed by atoms with Crippen molar-refractivity contribution in [3.63, 3.8) is 0 Å². The van der Waals surface area contributed by atoms with E-state index < -0.39 is 0 Å². The Morgan fingerprint density at radius 2 is 2.21 bits per heavy atom. The average Bonchev–Trinajstić information content (AvgIpc) is 2.63. The minimum atomic E-state index is 0.707. The summed E-state index contributed by atoms with van der Waals surface area (Å²) in [6.45, 7) is 4.04. The molecule has 0 saturated carbocycles. The zero-order valence-electron chi connectivity index (χ0n) is 8.34. The molecule has 0 atom stereocenters. The van der Waals surface area contributed by atoms with E-state index in [1.807, 2.05) is 6.92 Å². The summed E-state index contributed by atoms with van der Waals surface area (Å²) in [5.74, 6) is 0.830. The second-order valence-corrected chi connectivity index (χ2v) is 3.79. The zero-order valence-corrected chi connectivity index (χ0v) is 9.10. The van der Waals surface area contributed by atoms with Gasteiger partial charge in [-0.05, 0) is 19.8 Å². The predicted molar refractivity (Wildman–Crippen MR) is 55.7 cm³/mol. The Morgan fingerprint density at radius 1 is 1.43 bits per heavy atom. The van der Waals surface area contributed by atoms with Crippen LogP contribution in [0.4, 0.5) is 0 Å². The molecule has 0 unspecified atom stereocenters. The lowest BCUT2D eigenvalue weighted by atomic mass is 10.2. The van der Waals surface area contributed by atoms with E-state index in [0.29, 0.717) is 5.02 Å². The molecule has 0 spiro atoms. The predicted octanol–water partition coefficient (Wildman–Crippen LogP) is 2.36. The van der Waals surface area contributed by atoms with Crippen LogP contribution in [-0.4, -0.2) is 19.8 Å². The summed E-state index contributed by atoms with van der Waals surface area (Å²) in [5, 5.41) is 9.19. The molecule has 0 aliphatic heterocycles. The molecule has 1 N–H and O–H groups in total. The largest absolute Gasteiger partial charge is 0.324 e. The standard InChI is InChI=1S/C9H13ClN4/c1-3-4-5-7-8(10)9-11-6(2)12-14(9)13-7/h3-5H2,1-2H3,(H,11,12). The van der Waals surface area contributed by atoms with Crippen molar-refractivity contribution in [2.24, 2.45) is 0 Å². The smallest absolute Gasteiger partial charge is 0.174 e. The normalized spacial score (nSPS) is 11.4. The Hall–Kier alpha value is -1.03. The van der Waals surface area contributed by atoms with Gasteiger partial charge in [0.1, 0.15) is 10.8 Å². The molecule has 0 fully saturated rings. The van der Waals surface area contributed by atoms with Crippen LogP contribution in [0.5, 0.6) is 0 Å². The van der Waals surface area contributed by atoms with Crippen LogP contribution in [0.2, 0.25) is 5.02 Å². The number of hydrogen-bond donors (Lipinski definition) is 1. The maximum absolute atomic E-state index is 6.15. The first-order valence-electron chi connectivity index (χ1n) is 4.82. The van der Waals surface area contributed by atoms with Gasteiger partial charge in [-0.1, -0.05) is 24.9 Å². The van der Waals surface area contributed by atoms with Gasteiger partial charge in [0.25, 0.3) is 0 Å². The van der Waals surface area contributed by atoms with Crippen molar-refractivity contribution in [2.45, 2.75) is 33.1 Å². The fourth-order valence-electron chi connectivity index (χ4n) is 1.45. The molecule has 2 heterocycles. The number of rotatable bonds is 3. The van der Waals surface area contributed by atoms with E-state index in [1.54, 1.807) is 4.63 Å². The van der Waals surface area contributed by atoms with Crippen molar-refractivity contribution in [1.29, 1.82) is 0 Å². The first-order chi connectivity index (χ1) is 6.72. The fraction of sp³-hybridized carbons (Fsp3) is 0.556. The van der Waals surface area contributed by atoms with Crippen molar-refractivity contribution in [2.75, 3.05) is 0 Å². The molecule has 5 heteroatoms. The summed E-state index contributed by atoms with van der Waals surface area (Å²) in [6, 6.07) is 0. The maximum Gasteiger partial charge on any atom is 0.174 e. The highest BCUT2D eigenvalue weighted by molar-refractivity contribution is 6.34. The van der Waals surface area contributed by atoms with E-state index in [-0.39, 0.29) is 0 Å². The molecule has 0 bridgehead atoms. The minimum Gasteiger partial charge on any atom is -0.324 e. The highest BCUT2D eigenvalue weighted by atomic mass is 35.5. The molecule has 0 aliphatic carbocycles. The third-order valence-corrected chi connectivity index (χ3v) is 2.59. The van der Waals surface area contributed by atoms with Crippen LogP contribution >= 0.6 is 11.6 Å². The number of nitrogens with zero attached hydrogens (tertiary/aromatic N) is 3. The summed E-state index contributed by atoms with van der Waals surface area (Å²) >= 11 is 6.15. The van der Waals surface area contributed by atoms with Gasteiger partial charge in [0.15, 0.2) is 5.65 Å². The first kappa shape index (κ1) is 9.52. The van der Waals surface area contributed by atoms with Crippen LogP contribution in [-0.2, 0) is 6.42 Å². The van der Waals surface area contributed by atoms with Gasteiger partial charge in [-0.15, -0.1) is 9.73 Å². The van der Waals surface area contributed by atoms with E-state index in [0.717, 1.165) is 36.4 Å². The van der Waals surface area contributed by atoms with Crippen LogP contribution in [0, 0.1) is 6.92 Å². The molecule has 4 nitrogen and oxygen atoms in total. The van der Waals surface area contributed by atoms with Crippen molar-refractivity contribution in [1.82, 2.24) is 19.8 Å². The molecule has 2 aromatic rings. The van der Waals surface area contributed by atoms with E-state index in [4.69, 9.17) is 11.6 Å². The van der Waals surface area contributed by atoms with Crippen molar-refractivity contribution >= 4 is 17.2 Å². The fourth-order valence-corrected chi connectivity index (χ4v) is 1.71. The number of unbranched alkanes of at least 4 members (excludes halogenated alkanes) is 1. The molecular formula is C9H13ClN4. The lowest BCUT2D eigenvalue weighted by Crippen LogP contribution is -1.91. The molecule has 0 radical (unpaired) electrons. The number of nitrogens with one attached hydrogen (secondary N) is 1. The van der Waals surface area contributed by atoms with Gasteiger partial charge in [-0.3, -0.25) is 0 Å². The summed E-state index contributed by atoms with van der Waals surface area (Å²) in [7, 11) is 0. The van der Waals surface area contributed by atoms with E-state index in [9.17, 15) is 0 Å². The minimum absolute atomic E-state index is 0.707. The molecule has 0 aromatic carbocycles. The van der Waals surface area contributed by atoms with Gasteiger partial charge in [-0.25, -0.2) is 0 Å². The lowest BCUT2D eigenvalue weighted by molar-refractivity contribution is 0.732. The number of aromatic nitrogens is 4. The number of H-pyrrole nitrogens is 1. The van der Waals surface area contributed by atoms with Crippen molar-refractivity contribution in [3.8, 4) is 0 Å². The SMILES string of the molecule is CCCCc1nn2nc(C)[nH]c2c1Cl. The molecule has 76 valence electrons. The van der Waals surface area contributed by atoms with Gasteiger partial charge in [0.05, 0.1) is 5.69 Å². The lowest BCUT2D eigenvalue weighted by Gasteiger charge is -1.92. The Bertz CT molecular complexity index is 443. The Morgan fingerprint density at radius 3 is 2.86 bits per heavy atom. The second kappa shape index (κ2) is 3.61. The van der Waals surface area contributed by atoms with E-state index >= 15 is 0 Å². The number of aromatic amines is 1. The van der Waals surface area contributed by atoms with Crippen LogP contribution < -0.4 is 0 Å². The molecule has 0 amide bonds. The van der Waals surface area contributed by atoms with Crippen LogP contribution in [0.25, 0.3) is 5.65 Å². The number of halogens is 1. The molecule has 2 aromatic heterocycles. The highest BCUT2D eigenvalue weighted by Crippen LogP contribution is 2.21. The maximum atomic E-state index is 6.15. The second-order valence-electron chi connectivity index (χ2n) is 3.41. The third kappa shape index (κ3) is 1.50. The molecule has 0 saturated heterocycles. The summed E-state index contributed by atoms with van der Waals surface area (Å²) in [4.78, 5) is 3.08. The highest BCUT2D eigenvalue weighted by Gasteiger charge is 2.12. The monoisotopic (exact) mass is 212 g/mol. The number of hydrogen-bond acceptors (Lipinski definition) is 2. The average molecular weight is 213 g/mol. The van der Waals surface area contributed by atoms with Crippen molar-refractivity contribution in [3.05, 3.63) is 16.5 Å². The van der Waals surface area contributed by atoms with Gasteiger partial charge in [-0.2, -0.15) is 5.10 Å². The van der Waals surface area contributed by atoms with Crippen LogP contribution in [0.1, 0.15) is 31.3 Å². The van der Waals surface area contributed by atoms with E-state index in [2.05, 4.69) is 22.1 Å². The van der Waals surface area contributed by atoms with Gasteiger partial charge < -0.3 is 4.98 Å². The molecule has 2 rings (SSSR count). The Balaban J connectivity index is 2.37. The van der Waals surface area contributed by atoms with Crippen molar-refractivity contribution < 1.29 is 0 Å². The van der Waals surface area contributed by atoms with Gasteiger partial charge in [0.2, 0.25) is 0 Å². The van der Waals surface area contributed by atoms with Gasteiger partial charge in [0, 0.05) is 0 Å². The quantitative estimate of drug-likeness (QED) is 0.849. The van der Waals surface area contributed by atoms with E-state index in [1.165, 1.54) is 0 Å². The number of fused-ring (bicyclic) bond motifs is 1. The number of aryl methyl sites for hydroxylation is 2. The van der Waals surface area contributed by atoms with Crippen LogP contribution in [0.3, 0.4) is 0 Å².